The minimum Gasteiger partial charge on any atom is -0.339 e. The Bertz CT molecular complexity index is 867. The van der Waals surface area contributed by atoms with Crippen LogP contribution in [0.25, 0.3) is 0 Å². The van der Waals surface area contributed by atoms with Crippen molar-refractivity contribution in [2.24, 2.45) is 0 Å². The molecule has 1 amide bonds. The monoisotopic (exact) mass is 464 g/mol. The first-order chi connectivity index (χ1) is 13.7. The van der Waals surface area contributed by atoms with Crippen LogP contribution < -0.4 is 16.2 Å². The first-order valence-corrected chi connectivity index (χ1v) is 10.4. The molecule has 1 fully saturated rings. The van der Waals surface area contributed by atoms with Crippen LogP contribution in [0.5, 0.6) is 0 Å². The van der Waals surface area contributed by atoms with Crippen LogP contribution in [-0.4, -0.2) is 22.8 Å². The Balaban J connectivity index is 1.43. The number of hydrogen-bond acceptors (Lipinski definition) is 5. The van der Waals surface area contributed by atoms with Crippen molar-refractivity contribution in [2.45, 2.75) is 36.3 Å². The summed E-state index contributed by atoms with van der Waals surface area (Å²) in [6.07, 6.45) is -3.16. The van der Waals surface area contributed by atoms with E-state index in [1.807, 2.05) is 24.3 Å². The zero-order valence-electron chi connectivity index (χ0n) is 14.9. The first kappa shape index (κ1) is 22.2. The molecule has 0 aliphatic carbocycles. The van der Waals surface area contributed by atoms with Crippen molar-refractivity contribution in [2.75, 3.05) is 5.75 Å². The van der Waals surface area contributed by atoms with Gasteiger partial charge in [-0.05, 0) is 23.8 Å². The molecule has 29 heavy (non-hydrogen) atoms. The van der Waals surface area contributed by atoms with Gasteiger partial charge in [0, 0.05) is 35.9 Å². The standard InChI is InChI=1S/C18H17Cl2F3N4OS/c19-12-3-1-10(2-4-12)14-8-15(27-26-14)25-16(28)5-6-29-17-13(20)7-11(9-24-17)18(21,22)23/h1-4,7,9,14-15,26-27H,5-6,8H2,(H,25,28). The molecule has 0 saturated carbocycles. The maximum atomic E-state index is 12.6. The van der Waals surface area contributed by atoms with Gasteiger partial charge in [0.1, 0.15) is 5.03 Å². The lowest BCUT2D eigenvalue weighted by atomic mass is 10.0. The fourth-order valence-corrected chi connectivity index (χ4v) is 4.02. The molecule has 0 radical (unpaired) electrons. The second kappa shape index (κ2) is 9.53. The van der Waals surface area contributed by atoms with Gasteiger partial charge in [-0.1, -0.05) is 35.3 Å². The predicted molar refractivity (Wildman–Crippen MR) is 107 cm³/mol. The van der Waals surface area contributed by atoms with Gasteiger partial charge < -0.3 is 5.32 Å². The summed E-state index contributed by atoms with van der Waals surface area (Å²) >= 11 is 12.9. The van der Waals surface area contributed by atoms with Crippen molar-refractivity contribution >= 4 is 40.9 Å². The highest BCUT2D eigenvalue weighted by Gasteiger charge is 2.31. The molecule has 0 bridgehead atoms. The van der Waals surface area contributed by atoms with E-state index in [2.05, 4.69) is 21.2 Å². The third-order valence-electron chi connectivity index (χ3n) is 4.21. The summed E-state index contributed by atoms with van der Waals surface area (Å²) in [5, 5.41) is 3.70. The number of pyridine rings is 1. The van der Waals surface area contributed by atoms with E-state index in [1.54, 1.807) is 0 Å². The Kier molecular flexibility index (Phi) is 7.28. The third kappa shape index (κ3) is 6.23. The molecule has 1 aromatic carbocycles. The van der Waals surface area contributed by atoms with Gasteiger partial charge in [0.05, 0.1) is 16.8 Å². The van der Waals surface area contributed by atoms with Crippen molar-refractivity contribution in [1.82, 2.24) is 21.2 Å². The number of alkyl halides is 3. The second-order valence-electron chi connectivity index (χ2n) is 6.36. The van der Waals surface area contributed by atoms with Gasteiger partial charge in [-0.15, -0.1) is 11.8 Å². The topological polar surface area (TPSA) is 66.0 Å². The van der Waals surface area contributed by atoms with Gasteiger partial charge in [-0.3, -0.25) is 4.79 Å². The molecule has 3 rings (SSSR count). The SMILES string of the molecule is O=C(CCSc1ncc(C(F)(F)F)cc1Cl)NC1CC(c2ccc(Cl)cc2)NN1. The minimum absolute atomic E-state index is 0.0436. The molecule has 11 heteroatoms. The van der Waals surface area contributed by atoms with Crippen LogP contribution in [0.15, 0.2) is 41.6 Å². The molecule has 2 heterocycles. The normalized spacial score (nSPS) is 19.3. The number of thioether (sulfide) groups is 1. The first-order valence-electron chi connectivity index (χ1n) is 8.64. The molecule has 5 nitrogen and oxygen atoms in total. The van der Waals surface area contributed by atoms with Gasteiger partial charge in [0.2, 0.25) is 5.91 Å². The molecule has 0 spiro atoms. The van der Waals surface area contributed by atoms with Gasteiger partial charge in [-0.25, -0.2) is 15.8 Å². The Hall–Kier alpha value is -1.52. The molecule has 1 aromatic heterocycles. The Morgan fingerprint density at radius 1 is 1.24 bits per heavy atom. The Morgan fingerprint density at radius 3 is 2.62 bits per heavy atom. The number of halogens is 5. The molecule has 1 saturated heterocycles. The molecule has 2 unspecified atom stereocenters. The van der Waals surface area contributed by atoms with Gasteiger partial charge >= 0.3 is 6.18 Å². The predicted octanol–water partition coefficient (Wildman–Crippen LogP) is 4.57. The number of nitrogens with zero attached hydrogens (tertiary/aromatic N) is 1. The van der Waals surface area contributed by atoms with Gasteiger partial charge in [0.15, 0.2) is 0 Å². The molecule has 156 valence electrons. The van der Waals surface area contributed by atoms with Gasteiger partial charge in [-0.2, -0.15) is 13.2 Å². The number of carbonyl (C=O) groups excluding carboxylic acids is 1. The van der Waals surface area contributed by atoms with Crippen molar-refractivity contribution in [3.63, 3.8) is 0 Å². The molecule has 2 aromatic rings. The summed E-state index contributed by atoms with van der Waals surface area (Å²) in [6.45, 7) is 0. The Labute approximate surface area is 179 Å². The highest BCUT2D eigenvalue weighted by atomic mass is 35.5. The number of aromatic nitrogens is 1. The molecular weight excluding hydrogens is 448 g/mol. The summed E-state index contributed by atoms with van der Waals surface area (Å²) in [5.74, 6) is 0.154. The summed E-state index contributed by atoms with van der Waals surface area (Å²) in [5.41, 5.74) is 6.30. The van der Waals surface area contributed by atoms with Crippen LogP contribution >= 0.6 is 35.0 Å². The zero-order valence-corrected chi connectivity index (χ0v) is 17.2. The number of hydrogen-bond donors (Lipinski definition) is 3. The highest BCUT2D eigenvalue weighted by Crippen LogP contribution is 2.33. The summed E-state index contributed by atoms with van der Waals surface area (Å²) < 4.78 is 37.9. The number of amides is 1. The minimum atomic E-state index is -4.49. The van der Waals surface area contributed by atoms with E-state index in [4.69, 9.17) is 23.2 Å². The number of benzene rings is 1. The van der Waals surface area contributed by atoms with E-state index in [9.17, 15) is 18.0 Å². The lowest BCUT2D eigenvalue weighted by Gasteiger charge is -2.12. The zero-order chi connectivity index (χ0) is 21.0. The average molecular weight is 465 g/mol. The average Bonchev–Trinajstić information content (AvgIpc) is 3.11. The smallest absolute Gasteiger partial charge is 0.339 e. The summed E-state index contributed by atoms with van der Waals surface area (Å²) in [7, 11) is 0. The number of rotatable bonds is 6. The molecule has 3 N–H and O–H groups in total. The van der Waals surface area contributed by atoms with Crippen LogP contribution in [-0.2, 0) is 11.0 Å². The van der Waals surface area contributed by atoms with Crippen LogP contribution in [0.1, 0.15) is 30.0 Å². The maximum Gasteiger partial charge on any atom is 0.417 e. The largest absolute Gasteiger partial charge is 0.417 e. The fraction of sp³-hybridized carbons (Fsp3) is 0.333. The van der Waals surface area contributed by atoms with Crippen molar-refractivity contribution in [3.8, 4) is 0 Å². The third-order valence-corrected chi connectivity index (χ3v) is 5.87. The van der Waals surface area contributed by atoms with Gasteiger partial charge in [0.25, 0.3) is 0 Å². The van der Waals surface area contributed by atoms with E-state index in [0.29, 0.717) is 17.2 Å². The van der Waals surface area contributed by atoms with Crippen molar-refractivity contribution < 1.29 is 18.0 Å². The van der Waals surface area contributed by atoms with E-state index < -0.39 is 11.7 Å². The lowest BCUT2D eigenvalue weighted by Crippen LogP contribution is -2.44. The van der Waals surface area contributed by atoms with E-state index in [-0.39, 0.29) is 34.6 Å². The molecular formula is C18H17Cl2F3N4OS. The molecule has 2 atom stereocenters. The van der Waals surface area contributed by atoms with Crippen LogP contribution in [0.3, 0.4) is 0 Å². The van der Waals surface area contributed by atoms with Crippen LogP contribution in [0, 0.1) is 0 Å². The van der Waals surface area contributed by atoms with E-state index >= 15 is 0 Å². The fourth-order valence-electron chi connectivity index (χ4n) is 2.76. The summed E-state index contributed by atoms with van der Waals surface area (Å²) in [4.78, 5) is 15.9. The molecule has 1 aliphatic heterocycles. The van der Waals surface area contributed by atoms with Crippen molar-refractivity contribution in [1.29, 1.82) is 0 Å². The van der Waals surface area contributed by atoms with E-state index in [0.717, 1.165) is 29.6 Å². The highest BCUT2D eigenvalue weighted by molar-refractivity contribution is 7.99. The van der Waals surface area contributed by atoms with E-state index in [1.165, 1.54) is 0 Å². The van der Waals surface area contributed by atoms with Crippen LogP contribution in [0.4, 0.5) is 13.2 Å². The maximum absolute atomic E-state index is 12.6. The number of hydrazine groups is 1. The number of carbonyl (C=O) groups is 1. The molecule has 1 aliphatic rings. The van der Waals surface area contributed by atoms with Crippen molar-refractivity contribution in [3.05, 3.63) is 57.7 Å². The summed E-state index contributed by atoms with van der Waals surface area (Å²) in [6, 6.07) is 8.33. The number of nitrogens with one attached hydrogen (secondary N) is 3. The Morgan fingerprint density at radius 2 is 1.97 bits per heavy atom. The second-order valence-corrected chi connectivity index (χ2v) is 8.28. The van der Waals surface area contributed by atoms with Crippen LogP contribution in [0.2, 0.25) is 10.0 Å². The quantitative estimate of drug-likeness (QED) is 0.546. The lowest BCUT2D eigenvalue weighted by molar-refractivity contribution is -0.137.